The van der Waals surface area contributed by atoms with E-state index in [-0.39, 0.29) is 11.9 Å². The molecule has 0 spiro atoms. The Bertz CT molecular complexity index is 335. The first-order chi connectivity index (χ1) is 11.3. The van der Waals surface area contributed by atoms with E-state index in [1.54, 1.807) is 6.92 Å². The average Bonchev–Trinajstić information content (AvgIpc) is 2.52. The van der Waals surface area contributed by atoms with Gasteiger partial charge in [0.2, 0.25) is 5.91 Å². The van der Waals surface area contributed by atoms with E-state index < -0.39 is 0 Å². The third kappa shape index (κ3) is 50.1. The van der Waals surface area contributed by atoms with E-state index in [1.165, 1.54) is 25.8 Å². The van der Waals surface area contributed by atoms with Crippen molar-refractivity contribution in [2.24, 2.45) is 0 Å². The van der Waals surface area contributed by atoms with Gasteiger partial charge in [-0.1, -0.05) is 70.0 Å². The molecule has 0 aliphatic carbocycles. The van der Waals surface area contributed by atoms with Gasteiger partial charge in [0.05, 0.1) is 6.61 Å². The van der Waals surface area contributed by atoms with Crippen LogP contribution in [-0.2, 0) is 14.3 Å². The van der Waals surface area contributed by atoms with Crippen LogP contribution in [0.2, 0.25) is 0 Å². The lowest BCUT2D eigenvalue weighted by Crippen LogP contribution is -2.18. The van der Waals surface area contributed by atoms with Gasteiger partial charge >= 0.3 is 5.97 Å². The Morgan fingerprint density at radius 3 is 1.46 bits per heavy atom. The molecular formula is C20H39NO3. The van der Waals surface area contributed by atoms with Crippen molar-refractivity contribution in [2.45, 2.75) is 68.7 Å². The van der Waals surface area contributed by atoms with Crippen LogP contribution >= 0.6 is 0 Å². The maximum atomic E-state index is 9.93. The largest absolute Gasteiger partial charge is 0.466 e. The number of ether oxygens (including phenoxy) is 1. The van der Waals surface area contributed by atoms with Gasteiger partial charge in [0.25, 0.3) is 0 Å². The normalized spacial score (nSPS) is 7.38. The molecule has 1 amide bonds. The maximum Gasteiger partial charge on any atom is 0.302 e. The Morgan fingerprint density at radius 2 is 1.38 bits per heavy atom. The SMILES string of the molecule is CC.CCC.CCNC(C)=O.CCOC(C)=O.Cc1ccccc1. The number of hydrogen-bond acceptors (Lipinski definition) is 3. The van der Waals surface area contributed by atoms with Crippen LogP contribution < -0.4 is 5.32 Å². The number of amides is 1. The lowest BCUT2D eigenvalue weighted by atomic mass is 10.2. The molecule has 0 aromatic heterocycles. The van der Waals surface area contributed by atoms with Gasteiger partial charge in [-0.05, 0) is 20.8 Å². The lowest BCUT2D eigenvalue weighted by molar-refractivity contribution is -0.140. The van der Waals surface area contributed by atoms with Crippen molar-refractivity contribution in [3.8, 4) is 0 Å². The van der Waals surface area contributed by atoms with Crippen molar-refractivity contribution >= 4 is 11.9 Å². The number of esters is 1. The molecule has 0 fully saturated rings. The minimum absolute atomic E-state index is 0.0394. The molecule has 4 heteroatoms. The predicted molar refractivity (Wildman–Crippen MR) is 105 cm³/mol. The monoisotopic (exact) mass is 341 g/mol. The summed E-state index contributed by atoms with van der Waals surface area (Å²) in [5.74, 6) is -0.171. The Morgan fingerprint density at radius 1 is 0.958 bits per heavy atom. The Balaban J connectivity index is -0.000000111. The highest BCUT2D eigenvalue weighted by molar-refractivity contribution is 5.72. The summed E-state index contributed by atoms with van der Waals surface area (Å²) in [5, 5.41) is 2.57. The second kappa shape index (κ2) is 29.2. The summed E-state index contributed by atoms with van der Waals surface area (Å²) in [7, 11) is 0. The van der Waals surface area contributed by atoms with E-state index in [0.29, 0.717) is 6.61 Å². The molecule has 0 aliphatic rings. The predicted octanol–water partition coefficient (Wildman–Crippen LogP) is 5.15. The molecule has 0 saturated carbocycles. The Kier molecular flexibility index (Phi) is 36.6. The van der Waals surface area contributed by atoms with Crippen molar-refractivity contribution < 1.29 is 14.3 Å². The van der Waals surface area contributed by atoms with Crippen molar-refractivity contribution in [2.75, 3.05) is 13.2 Å². The van der Waals surface area contributed by atoms with Gasteiger partial charge in [-0.2, -0.15) is 0 Å². The van der Waals surface area contributed by atoms with Gasteiger partial charge in [-0.15, -0.1) is 0 Å². The molecule has 0 heterocycles. The van der Waals surface area contributed by atoms with Crippen LogP contribution in [0.25, 0.3) is 0 Å². The first kappa shape index (κ1) is 30.1. The molecule has 1 rings (SSSR count). The quantitative estimate of drug-likeness (QED) is 0.757. The maximum absolute atomic E-state index is 9.93. The fraction of sp³-hybridized carbons (Fsp3) is 0.600. The molecular weight excluding hydrogens is 302 g/mol. The summed E-state index contributed by atoms with van der Waals surface area (Å²) in [6, 6.07) is 10.3. The summed E-state index contributed by atoms with van der Waals surface area (Å²) in [6.45, 7) is 18.1. The molecule has 4 nitrogen and oxygen atoms in total. The van der Waals surface area contributed by atoms with E-state index >= 15 is 0 Å². The highest BCUT2D eigenvalue weighted by Gasteiger charge is 1.81. The van der Waals surface area contributed by atoms with Gasteiger partial charge in [0, 0.05) is 20.4 Å². The molecule has 0 aliphatic heterocycles. The Labute approximate surface area is 150 Å². The van der Waals surface area contributed by atoms with Crippen LogP contribution in [0.3, 0.4) is 0 Å². The molecule has 0 bridgehead atoms. The van der Waals surface area contributed by atoms with Crippen molar-refractivity contribution in [3.63, 3.8) is 0 Å². The smallest absolute Gasteiger partial charge is 0.302 e. The molecule has 142 valence electrons. The van der Waals surface area contributed by atoms with Crippen LogP contribution in [0, 0.1) is 6.92 Å². The average molecular weight is 342 g/mol. The molecule has 0 atom stereocenters. The molecule has 1 aromatic rings. The first-order valence-electron chi connectivity index (χ1n) is 8.74. The number of carbonyl (C=O) groups is 2. The second-order valence-electron chi connectivity index (χ2n) is 4.37. The minimum Gasteiger partial charge on any atom is -0.466 e. The first-order valence-corrected chi connectivity index (χ1v) is 8.74. The summed E-state index contributed by atoms with van der Waals surface area (Å²) in [6.07, 6.45) is 1.25. The van der Waals surface area contributed by atoms with E-state index in [0.717, 1.165) is 6.54 Å². The zero-order valence-corrected chi connectivity index (χ0v) is 17.2. The molecule has 24 heavy (non-hydrogen) atoms. The number of benzene rings is 1. The summed E-state index contributed by atoms with van der Waals surface area (Å²) >= 11 is 0. The number of nitrogens with one attached hydrogen (secondary N) is 1. The molecule has 0 unspecified atom stereocenters. The Hall–Kier alpha value is -1.84. The molecule has 0 saturated heterocycles. The highest BCUT2D eigenvalue weighted by atomic mass is 16.5. The standard InChI is InChI=1S/C7H8.C4H9NO.C4H8O2.C3H8.C2H6/c1-7-5-3-2-4-6-7;1-3-5-4(2)6;1-3-6-4(2)5;1-3-2;1-2/h2-6H,1H3;3H2,1-2H3,(H,5,6);3H2,1-2H3;3H2,1-2H3;1-2H3. The van der Waals surface area contributed by atoms with Crippen molar-refractivity contribution in [3.05, 3.63) is 35.9 Å². The lowest BCUT2D eigenvalue weighted by Gasteiger charge is -1.89. The molecule has 1 N–H and O–H groups in total. The van der Waals surface area contributed by atoms with Gasteiger partial charge in [-0.25, -0.2) is 0 Å². The molecule has 0 radical (unpaired) electrons. The summed E-state index contributed by atoms with van der Waals surface area (Å²) in [4.78, 5) is 19.8. The van der Waals surface area contributed by atoms with Crippen molar-refractivity contribution in [1.82, 2.24) is 5.32 Å². The van der Waals surface area contributed by atoms with E-state index in [2.05, 4.69) is 43.0 Å². The number of carbonyl (C=O) groups excluding carboxylic acids is 2. The zero-order chi connectivity index (χ0) is 19.8. The van der Waals surface area contributed by atoms with Crippen LogP contribution in [0.5, 0.6) is 0 Å². The highest BCUT2D eigenvalue weighted by Crippen LogP contribution is 1.92. The van der Waals surface area contributed by atoms with Gasteiger partial charge in [0.15, 0.2) is 0 Å². The number of hydrogen-bond donors (Lipinski definition) is 1. The third-order valence-corrected chi connectivity index (χ3v) is 1.71. The molecule has 1 aromatic carbocycles. The number of rotatable bonds is 2. The van der Waals surface area contributed by atoms with E-state index in [1.807, 2.05) is 39.0 Å². The topological polar surface area (TPSA) is 55.4 Å². The second-order valence-corrected chi connectivity index (χ2v) is 4.37. The number of aryl methyl sites for hydroxylation is 1. The van der Waals surface area contributed by atoms with Gasteiger partial charge in [0.1, 0.15) is 0 Å². The minimum atomic E-state index is -0.211. The van der Waals surface area contributed by atoms with E-state index in [9.17, 15) is 9.59 Å². The van der Waals surface area contributed by atoms with Crippen molar-refractivity contribution in [1.29, 1.82) is 0 Å². The van der Waals surface area contributed by atoms with Crippen LogP contribution in [0.4, 0.5) is 0 Å². The fourth-order valence-corrected chi connectivity index (χ4v) is 0.987. The van der Waals surface area contributed by atoms with Crippen LogP contribution in [0.1, 0.15) is 67.4 Å². The van der Waals surface area contributed by atoms with Gasteiger partial charge < -0.3 is 10.1 Å². The zero-order valence-electron chi connectivity index (χ0n) is 17.2. The summed E-state index contributed by atoms with van der Waals surface area (Å²) in [5.41, 5.74) is 1.32. The van der Waals surface area contributed by atoms with Crippen LogP contribution in [-0.4, -0.2) is 25.0 Å². The van der Waals surface area contributed by atoms with Crippen LogP contribution in [0.15, 0.2) is 30.3 Å². The third-order valence-electron chi connectivity index (χ3n) is 1.71. The fourth-order valence-electron chi connectivity index (χ4n) is 0.987. The summed E-state index contributed by atoms with van der Waals surface area (Å²) < 4.78 is 4.40. The van der Waals surface area contributed by atoms with Gasteiger partial charge in [-0.3, -0.25) is 9.59 Å². The van der Waals surface area contributed by atoms with E-state index in [4.69, 9.17) is 0 Å².